The predicted molar refractivity (Wildman–Crippen MR) is 166 cm³/mol. The maximum atomic E-state index is 3.91. The molecule has 0 saturated carbocycles. The molecule has 1 aliphatic rings. The Labute approximate surface area is 236 Å². The monoisotopic (exact) mass is 642 g/mol. The number of hydrogen-bond acceptors (Lipinski definition) is 3. The van der Waals surface area contributed by atoms with Gasteiger partial charge >= 0.3 is 0 Å². The van der Waals surface area contributed by atoms with Gasteiger partial charge in [0.2, 0.25) is 0 Å². The van der Waals surface area contributed by atoms with E-state index in [1.807, 2.05) is 23.1 Å². The summed E-state index contributed by atoms with van der Waals surface area (Å²) in [7, 11) is 0. The molecule has 0 nitrogen and oxygen atoms in total. The Kier molecular flexibility index (Phi) is 11.2. The lowest BCUT2D eigenvalue weighted by molar-refractivity contribution is 0.491. The highest BCUT2D eigenvalue weighted by Crippen LogP contribution is 2.53. The first kappa shape index (κ1) is 27.5. The highest BCUT2D eigenvalue weighted by molar-refractivity contribution is 9.11. The van der Waals surface area contributed by atoms with Gasteiger partial charge in [0.25, 0.3) is 0 Å². The van der Waals surface area contributed by atoms with Gasteiger partial charge < -0.3 is 0 Å². The molecular weight excluding hydrogens is 604 g/mol. The minimum atomic E-state index is 0.518. The van der Waals surface area contributed by atoms with E-state index in [1.54, 1.807) is 15.1 Å². The summed E-state index contributed by atoms with van der Waals surface area (Å²) in [6.07, 6.45) is 20.7. The van der Waals surface area contributed by atoms with Crippen molar-refractivity contribution in [2.24, 2.45) is 0 Å². The van der Waals surface area contributed by atoms with Gasteiger partial charge in [0, 0.05) is 25.2 Å². The molecule has 0 amide bonds. The van der Waals surface area contributed by atoms with Gasteiger partial charge in [0.15, 0.2) is 0 Å². The van der Waals surface area contributed by atoms with Crippen LogP contribution in [-0.4, -0.2) is 4.16 Å². The summed E-state index contributed by atoms with van der Waals surface area (Å²) in [6.45, 7) is 4.63. The van der Waals surface area contributed by atoms with Crippen LogP contribution in [0.1, 0.15) is 120 Å². The van der Waals surface area contributed by atoms with Gasteiger partial charge in [-0.05, 0) is 58.8 Å². The Bertz CT molecular complexity index is 1030. The van der Waals surface area contributed by atoms with Crippen LogP contribution in [0.2, 0.25) is 0 Å². The fraction of sp³-hybridized carbons (Fsp3) is 0.655. The van der Waals surface area contributed by atoms with Crippen LogP contribution in [0.25, 0.3) is 20.2 Å². The normalized spacial score (nSPS) is 15.9. The molecular formula is C29H40Br2S3. The molecule has 0 saturated heterocycles. The fourth-order valence-electron chi connectivity index (χ4n) is 5.42. The van der Waals surface area contributed by atoms with Crippen molar-refractivity contribution < 1.29 is 0 Å². The van der Waals surface area contributed by atoms with Gasteiger partial charge in [-0.15, -0.1) is 34.4 Å². The molecule has 1 atom stereocenters. The predicted octanol–water partition coefficient (Wildman–Crippen LogP) is 12.8. The van der Waals surface area contributed by atoms with Crippen molar-refractivity contribution in [2.75, 3.05) is 0 Å². The smallest absolute Gasteiger partial charge is 0.0711 e. The third-order valence-corrected chi connectivity index (χ3v) is 12.5. The van der Waals surface area contributed by atoms with Gasteiger partial charge in [-0.2, -0.15) is 0 Å². The maximum absolute atomic E-state index is 3.91. The zero-order chi connectivity index (χ0) is 23.9. The molecule has 3 aromatic rings. The molecule has 4 rings (SSSR count). The van der Waals surface area contributed by atoms with Gasteiger partial charge in [0.05, 0.1) is 12.6 Å². The quantitative estimate of drug-likeness (QED) is 0.117. The Morgan fingerprint density at radius 1 is 0.794 bits per heavy atom. The van der Waals surface area contributed by atoms with Crippen molar-refractivity contribution >= 4 is 86.5 Å². The van der Waals surface area contributed by atoms with E-state index in [4.69, 9.17) is 0 Å². The maximum Gasteiger partial charge on any atom is 0.0711 e. The van der Waals surface area contributed by atoms with E-state index in [2.05, 4.69) is 69.2 Å². The molecule has 2 aromatic heterocycles. The molecule has 0 bridgehead atoms. The summed E-state index contributed by atoms with van der Waals surface area (Å²) in [5.41, 5.74) is 1.61. The molecule has 0 fully saturated rings. The van der Waals surface area contributed by atoms with Crippen molar-refractivity contribution in [3.8, 4) is 0 Å². The van der Waals surface area contributed by atoms with Gasteiger partial charge in [-0.1, -0.05) is 107 Å². The largest absolute Gasteiger partial charge is 0.140 e. The third-order valence-electron chi connectivity index (χ3n) is 7.32. The number of alkyl halides is 1. The highest BCUT2D eigenvalue weighted by Gasteiger charge is 2.28. The zero-order valence-corrected chi connectivity index (χ0v) is 26.5. The third kappa shape index (κ3) is 6.85. The van der Waals surface area contributed by atoms with E-state index < -0.39 is 0 Å². The summed E-state index contributed by atoms with van der Waals surface area (Å²) in [5, 5.41) is 2.99. The van der Waals surface area contributed by atoms with Crippen LogP contribution in [0.4, 0.5) is 0 Å². The number of rotatable bonds is 15. The minimum Gasteiger partial charge on any atom is -0.140 e. The molecule has 1 unspecified atom stereocenters. The number of thioether (sulfide) groups is 1. The second-order valence-corrected chi connectivity index (χ2v) is 16.5. The Balaban J connectivity index is 1.54. The lowest BCUT2D eigenvalue weighted by Crippen LogP contribution is -1.97. The second kappa shape index (κ2) is 13.8. The lowest BCUT2D eigenvalue weighted by atomic mass is 9.92. The molecule has 0 N–H and O–H groups in total. The van der Waals surface area contributed by atoms with E-state index in [0.29, 0.717) is 4.16 Å². The first-order valence-electron chi connectivity index (χ1n) is 13.6. The number of benzene rings is 1. The summed E-state index contributed by atoms with van der Waals surface area (Å²) in [4.78, 5) is 3.20. The highest BCUT2D eigenvalue weighted by atomic mass is 79.9. The van der Waals surface area contributed by atoms with Crippen molar-refractivity contribution in [1.29, 1.82) is 0 Å². The van der Waals surface area contributed by atoms with Crippen molar-refractivity contribution in [1.82, 2.24) is 0 Å². The molecule has 188 valence electrons. The molecule has 5 heteroatoms. The molecule has 0 spiro atoms. The SMILES string of the molecule is CCCCCCCCC(CCCCCCCC)c1cc2c(s1)c1c(c3sc(Br)cc32)SC(Br)C1. The fourth-order valence-corrected chi connectivity index (χ4v) is 10.7. The van der Waals surface area contributed by atoms with E-state index in [-0.39, 0.29) is 0 Å². The van der Waals surface area contributed by atoms with Crippen LogP contribution in [0.5, 0.6) is 0 Å². The summed E-state index contributed by atoms with van der Waals surface area (Å²) < 4.78 is 4.85. The number of halogens is 2. The van der Waals surface area contributed by atoms with Crippen molar-refractivity contribution in [2.45, 2.75) is 125 Å². The van der Waals surface area contributed by atoms with E-state index in [1.165, 1.54) is 114 Å². The van der Waals surface area contributed by atoms with Crippen LogP contribution in [0, 0.1) is 0 Å². The van der Waals surface area contributed by atoms with E-state index in [9.17, 15) is 0 Å². The average molecular weight is 645 g/mol. The molecule has 1 aliphatic heterocycles. The van der Waals surface area contributed by atoms with E-state index >= 15 is 0 Å². The summed E-state index contributed by atoms with van der Waals surface area (Å²) >= 11 is 13.8. The molecule has 1 aromatic carbocycles. The number of unbranched alkanes of at least 4 members (excludes halogenated alkanes) is 10. The van der Waals surface area contributed by atoms with E-state index in [0.717, 1.165) is 12.3 Å². The zero-order valence-electron chi connectivity index (χ0n) is 20.9. The standard InChI is InChI=1S/C29H40Br2S3/c1-3-5-7-9-11-13-15-20(16-14-12-10-8-6-4-2)24-17-21-22-18-25(30)33-28(22)29-23(27(21)32-24)19-26(31)34-29/h17-18,20,26H,3-16,19H2,1-2H3. The Morgan fingerprint density at radius 2 is 1.38 bits per heavy atom. The van der Waals surface area contributed by atoms with Crippen molar-refractivity contribution in [3.05, 3.63) is 26.4 Å². The van der Waals surface area contributed by atoms with Crippen LogP contribution >= 0.6 is 66.3 Å². The number of thiophene rings is 2. The molecule has 34 heavy (non-hydrogen) atoms. The minimum absolute atomic E-state index is 0.518. The van der Waals surface area contributed by atoms with Gasteiger partial charge in [0.1, 0.15) is 0 Å². The summed E-state index contributed by atoms with van der Waals surface area (Å²) in [6, 6.07) is 4.98. The average Bonchev–Trinajstić information content (AvgIpc) is 3.52. The molecule has 0 radical (unpaired) electrons. The topological polar surface area (TPSA) is 0 Å². The Morgan fingerprint density at radius 3 is 2.03 bits per heavy atom. The molecule has 0 aliphatic carbocycles. The number of hydrogen-bond donors (Lipinski definition) is 0. The van der Waals surface area contributed by atoms with Crippen LogP contribution in [-0.2, 0) is 6.42 Å². The van der Waals surface area contributed by atoms with Gasteiger partial charge in [-0.3, -0.25) is 0 Å². The van der Waals surface area contributed by atoms with Gasteiger partial charge in [-0.25, -0.2) is 0 Å². The summed E-state index contributed by atoms with van der Waals surface area (Å²) in [5.74, 6) is 0.747. The lowest BCUT2D eigenvalue weighted by Gasteiger charge is -2.15. The second-order valence-electron chi connectivity index (χ2n) is 10.0. The molecule has 3 heterocycles. The van der Waals surface area contributed by atoms with Crippen LogP contribution in [0.15, 0.2) is 20.8 Å². The Hall–Kier alpha value is 0.450. The first-order valence-corrected chi connectivity index (χ1v) is 17.8. The van der Waals surface area contributed by atoms with Crippen molar-refractivity contribution in [3.63, 3.8) is 0 Å². The van der Waals surface area contributed by atoms with Crippen LogP contribution < -0.4 is 0 Å². The number of fused-ring (bicyclic) bond motifs is 6. The van der Waals surface area contributed by atoms with Crippen LogP contribution in [0.3, 0.4) is 0 Å². The first-order chi connectivity index (χ1) is 16.6.